The Hall–Kier alpha value is -2.50. The van der Waals surface area contributed by atoms with Crippen molar-refractivity contribution in [1.29, 1.82) is 0 Å². The third-order valence-electron chi connectivity index (χ3n) is 2.67. The molecule has 1 heterocycles. The van der Waals surface area contributed by atoms with Crippen molar-refractivity contribution in [2.45, 2.75) is 13.5 Å². The van der Waals surface area contributed by atoms with Crippen molar-refractivity contribution in [3.63, 3.8) is 0 Å². The van der Waals surface area contributed by atoms with Gasteiger partial charge in [0.25, 0.3) is 5.69 Å². The Morgan fingerprint density at radius 3 is 2.89 bits per heavy atom. The highest BCUT2D eigenvalue weighted by atomic mass is 19.1. The predicted octanol–water partition coefficient (Wildman–Crippen LogP) is 3.05. The second-order valence-electron chi connectivity index (χ2n) is 4.08. The van der Waals surface area contributed by atoms with Crippen LogP contribution < -0.4 is 5.32 Å². The number of benzene rings is 1. The van der Waals surface area contributed by atoms with Crippen LogP contribution in [0.3, 0.4) is 0 Å². The minimum atomic E-state index is -0.644. The fourth-order valence-corrected chi connectivity index (χ4v) is 1.67. The van der Waals surface area contributed by atoms with Crippen LogP contribution >= 0.6 is 0 Å². The summed E-state index contributed by atoms with van der Waals surface area (Å²) in [6.45, 7) is 2.30. The van der Waals surface area contributed by atoms with Crippen molar-refractivity contribution >= 4 is 11.4 Å². The summed E-state index contributed by atoms with van der Waals surface area (Å²) in [5.41, 5.74) is 1.90. The van der Waals surface area contributed by atoms with Crippen molar-refractivity contribution in [1.82, 2.24) is 4.98 Å². The molecule has 19 heavy (non-hydrogen) atoms. The Balaban J connectivity index is 2.16. The van der Waals surface area contributed by atoms with Gasteiger partial charge in [0.2, 0.25) is 0 Å². The molecule has 0 unspecified atom stereocenters. The van der Waals surface area contributed by atoms with Crippen LogP contribution in [-0.4, -0.2) is 9.91 Å². The fourth-order valence-electron chi connectivity index (χ4n) is 1.67. The number of nitrogens with zero attached hydrogens (tertiary/aromatic N) is 2. The van der Waals surface area contributed by atoms with E-state index in [2.05, 4.69) is 10.3 Å². The van der Waals surface area contributed by atoms with E-state index in [0.717, 1.165) is 17.3 Å². The monoisotopic (exact) mass is 261 g/mol. The number of non-ortho nitro benzene ring substituents is 1. The maximum atomic E-state index is 13.2. The summed E-state index contributed by atoms with van der Waals surface area (Å²) in [5, 5.41) is 13.6. The Morgan fingerprint density at radius 1 is 1.42 bits per heavy atom. The van der Waals surface area contributed by atoms with E-state index in [0.29, 0.717) is 12.2 Å². The molecule has 0 radical (unpaired) electrons. The van der Waals surface area contributed by atoms with Crippen LogP contribution in [0, 0.1) is 22.9 Å². The lowest BCUT2D eigenvalue weighted by Crippen LogP contribution is -2.04. The van der Waals surface area contributed by atoms with Crippen molar-refractivity contribution in [2.24, 2.45) is 0 Å². The van der Waals surface area contributed by atoms with Gasteiger partial charge in [-0.1, -0.05) is 6.07 Å². The number of aromatic nitrogens is 1. The summed E-state index contributed by atoms with van der Waals surface area (Å²) in [5.74, 6) is -0.644. The number of pyridine rings is 1. The molecule has 2 aromatic rings. The number of rotatable bonds is 4. The molecule has 0 saturated heterocycles. The maximum absolute atomic E-state index is 13.2. The summed E-state index contributed by atoms with van der Waals surface area (Å²) in [6, 6.07) is 7.13. The second-order valence-corrected chi connectivity index (χ2v) is 4.08. The lowest BCUT2D eigenvalue weighted by atomic mass is 10.2. The van der Waals surface area contributed by atoms with E-state index in [1.807, 2.05) is 19.1 Å². The number of nitrogens with one attached hydrogen (secondary N) is 1. The SMILES string of the molecule is Cc1cccnc1CNc1cc(F)cc([N+](=O)[O-])c1. The van der Waals surface area contributed by atoms with E-state index >= 15 is 0 Å². The van der Waals surface area contributed by atoms with E-state index in [1.54, 1.807) is 6.20 Å². The topological polar surface area (TPSA) is 68.1 Å². The number of halogens is 1. The number of nitro groups is 1. The van der Waals surface area contributed by atoms with Gasteiger partial charge in [0.15, 0.2) is 0 Å². The molecule has 0 aliphatic rings. The Bertz CT molecular complexity index is 617. The number of anilines is 1. The van der Waals surface area contributed by atoms with Gasteiger partial charge in [0.1, 0.15) is 5.82 Å². The molecule has 1 N–H and O–H groups in total. The van der Waals surface area contributed by atoms with Gasteiger partial charge < -0.3 is 5.32 Å². The zero-order valence-corrected chi connectivity index (χ0v) is 10.3. The minimum absolute atomic E-state index is 0.278. The Kier molecular flexibility index (Phi) is 3.70. The van der Waals surface area contributed by atoms with Crippen LogP contribution in [-0.2, 0) is 6.54 Å². The highest BCUT2D eigenvalue weighted by molar-refractivity contribution is 5.51. The molecular weight excluding hydrogens is 249 g/mol. The van der Waals surface area contributed by atoms with Crippen molar-refractivity contribution in [2.75, 3.05) is 5.32 Å². The summed E-state index contributed by atoms with van der Waals surface area (Å²) in [6.07, 6.45) is 1.66. The van der Waals surface area contributed by atoms with Gasteiger partial charge >= 0.3 is 0 Å². The summed E-state index contributed by atoms with van der Waals surface area (Å²) in [7, 11) is 0. The van der Waals surface area contributed by atoms with Crippen molar-refractivity contribution < 1.29 is 9.31 Å². The average molecular weight is 261 g/mol. The molecule has 0 aliphatic heterocycles. The average Bonchev–Trinajstić information content (AvgIpc) is 2.37. The highest BCUT2D eigenvalue weighted by Crippen LogP contribution is 2.20. The second kappa shape index (κ2) is 5.43. The first-order valence-electron chi connectivity index (χ1n) is 5.65. The molecule has 1 aromatic heterocycles. The van der Waals surface area contributed by atoms with Crippen molar-refractivity contribution in [3.05, 3.63) is 63.7 Å². The van der Waals surface area contributed by atoms with E-state index in [9.17, 15) is 14.5 Å². The summed E-state index contributed by atoms with van der Waals surface area (Å²) < 4.78 is 13.2. The zero-order valence-electron chi connectivity index (χ0n) is 10.3. The van der Waals surface area contributed by atoms with E-state index < -0.39 is 10.7 Å². The van der Waals surface area contributed by atoms with Gasteiger partial charge in [0, 0.05) is 18.0 Å². The number of hydrogen-bond donors (Lipinski definition) is 1. The third kappa shape index (κ3) is 3.25. The molecule has 0 aliphatic carbocycles. The Morgan fingerprint density at radius 2 is 2.21 bits per heavy atom. The molecule has 6 heteroatoms. The highest BCUT2D eigenvalue weighted by Gasteiger charge is 2.10. The first kappa shape index (κ1) is 12.9. The van der Waals surface area contributed by atoms with E-state index in [4.69, 9.17) is 0 Å². The van der Waals surface area contributed by atoms with Gasteiger partial charge in [-0.15, -0.1) is 0 Å². The summed E-state index contributed by atoms with van der Waals surface area (Å²) in [4.78, 5) is 14.2. The first-order chi connectivity index (χ1) is 9.06. The van der Waals surface area contributed by atoms with Crippen LogP contribution in [0.1, 0.15) is 11.3 Å². The largest absolute Gasteiger partial charge is 0.379 e. The summed E-state index contributed by atoms with van der Waals surface area (Å²) >= 11 is 0. The molecule has 5 nitrogen and oxygen atoms in total. The molecule has 0 fully saturated rings. The number of aryl methyl sites for hydroxylation is 1. The molecule has 2 rings (SSSR count). The van der Waals surface area contributed by atoms with Crippen LogP contribution in [0.25, 0.3) is 0 Å². The third-order valence-corrected chi connectivity index (χ3v) is 2.67. The quantitative estimate of drug-likeness (QED) is 0.678. The fraction of sp³-hybridized carbons (Fsp3) is 0.154. The molecule has 0 atom stereocenters. The van der Waals surface area contributed by atoms with E-state index in [-0.39, 0.29) is 5.69 Å². The van der Waals surface area contributed by atoms with Gasteiger partial charge in [-0.25, -0.2) is 4.39 Å². The van der Waals surface area contributed by atoms with Crippen LogP contribution in [0.5, 0.6) is 0 Å². The maximum Gasteiger partial charge on any atom is 0.274 e. The normalized spacial score (nSPS) is 10.2. The molecule has 0 amide bonds. The zero-order chi connectivity index (χ0) is 13.8. The standard InChI is InChI=1S/C13H12FN3O2/c1-9-3-2-4-15-13(9)8-16-11-5-10(14)6-12(7-11)17(18)19/h2-7,16H,8H2,1H3. The van der Waals surface area contributed by atoms with Crippen molar-refractivity contribution in [3.8, 4) is 0 Å². The molecule has 0 bridgehead atoms. The molecule has 0 saturated carbocycles. The van der Waals surface area contributed by atoms with Crippen LogP contribution in [0.2, 0.25) is 0 Å². The number of nitro benzene ring substituents is 1. The minimum Gasteiger partial charge on any atom is -0.379 e. The Labute approximate surface area is 109 Å². The van der Waals surface area contributed by atoms with Gasteiger partial charge in [0.05, 0.1) is 23.2 Å². The first-order valence-corrected chi connectivity index (χ1v) is 5.65. The van der Waals surface area contributed by atoms with E-state index in [1.165, 1.54) is 12.1 Å². The number of hydrogen-bond acceptors (Lipinski definition) is 4. The predicted molar refractivity (Wildman–Crippen MR) is 69.4 cm³/mol. The smallest absolute Gasteiger partial charge is 0.274 e. The molecular formula is C13H12FN3O2. The molecule has 1 aromatic carbocycles. The van der Waals surface area contributed by atoms with Crippen LogP contribution in [0.15, 0.2) is 36.5 Å². The van der Waals surface area contributed by atoms with Crippen LogP contribution in [0.4, 0.5) is 15.8 Å². The lowest BCUT2D eigenvalue weighted by Gasteiger charge is -2.08. The van der Waals surface area contributed by atoms with Gasteiger partial charge in [-0.2, -0.15) is 0 Å². The lowest BCUT2D eigenvalue weighted by molar-refractivity contribution is -0.385. The molecule has 98 valence electrons. The van der Waals surface area contributed by atoms with Gasteiger partial charge in [-0.3, -0.25) is 15.1 Å². The van der Waals surface area contributed by atoms with Gasteiger partial charge in [-0.05, 0) is 24.6 Å². The molecule has 0 spiro atoms.